The quantitative estimate of drug-likeness (QED) is 0.921. The number of nitrogens with zero attached hydrogens (tertiary/aromatic N) is 4. The van der Waals surface area contributed by atoms with E-state index in [-0.39, 0.29) is 6.42 Å². The van der Waals surface area contributed by atoms with E-state index in [2.05, 4.69) is 26.0 Å². The van der Waals surface area contributed by atoms with Gasteiger partial charge in [0.25, 0.3) is 0 Å². The van der Waals surface area contributed by atoms with Gasteiger partial charge < -0.3 is 10.0 Å². The van der Waals surface area contributed by atoms with Crippen LogP contribution in [0.15, 0.2) is 16.7 Å². The Morgan fingerprint density at radius 1 is 1.53 bits per heavy atom. The molecule has 0 spiro atoms. The van der Waals surface area contributed by atoms with Crippen LogP contribution in [-0.4, -0.2) is 39.8 Å². The van der Waals surface area contributed by atoms with Crippen molar-refractivity contribution in [1.82, 2.24) is 14.6 Å². The van der Waals surface area contributed by atoms with Crippen LogP contribution >= 0.6 is 15.9 Å². The maximum absolute atomic E-state index is 10.7. The summed E-state index contributed by atoms with van der Waals surface area (Å²) in [6.45, 7) is 0. The van der Waals surface area contributed by atoms with Gasteiger partial charge in [0.05, 0.1) is 12.1 Å². The molecule has 6 nitrogen and oxygen atoms in total. The standard InChI is InChI=1S/C10H11BrN4O2/c1-14(2)8-4-3-7-12-6(5-9(16)17)10(11)15(7)13-8/h3-4H,5H2,1-2H3,(H,16,17). The molecule has 0 saturated heterocycles. The van der Waals surface area contributed by atoms with Crippen molar-refractivity contribution in [3.05, 3.63) is 22.4 Å². The summed E-state index contributed by atoms with van der Waals surface area (Å²) in [7, 11) is 3.77. The van der Waals surface area contributed by atoms with Gasteiger partial charge in [-0.2, -0.15) is 0 Å². The molecular weight excluding hydrogens is 288 g/mol. The molecule has 2 heterocycles. The van der Waals surface area contributed by atoms with E-state index in [9.17, 15) is 4.79 Å². The Morgan fingerprint density at radius 3 is 2.82 bits per heavy atom. The number of carboxylic acid groups (broad SMARTS) is 1. The van der Waals surface area contributed by atoms with Gasteiger partial charge in [0.1, 0.15) is 10.4 Å². The number of carboxylic acids is 1. The van der Waals surface area contributed by atoms with Crippen LogP contribution < -0.4 is 4.90 Å². The number of fused-ring (bicyclic) bond motifs is 1. The number of imidazole rings is 1. The lowest BCUT2D eigenvalue weighted by molar-refractivity contribution is -0.136. The third-order valence-electron chi connectivity index (χ3n) is 2.25. The minimum absolute atomic E-state index is 0.124. The molecule has 90 valence electrons. The van der Waals surface area contributed by atoms with Crippen LogP contribution in [0, 0.1) is 0 Å². The second kappa shape index (κ2) is 4.33. The summed E-state index contributed by atoms with van der Waals surface area (Å²) in [6.07, 6.45) is -0.124. The third kappa shape index (κ3) is 2.23. The van der Waals surface area contributed by atoms with Crippen molar-refractivity contribution in [3.8, 4) is 0 Å². The SMILES string of the molecule is CN(C)c1ccc2nc(CC(=O)O)c(Br)n2n1. The fourth-order valence-corrected chi connectivity index (χ4v) is 1.93. The average Bonchev–Trinajstić information content (AvgIpc) is 2.55. The van der Waals surface area contributed by atoms with Gasteiger partial charge in [-0.1, -0.05) is 0 Å². The number of halogens is 1. The zero-order chi connectivity index (χ0) is 12.6. The number of hydrogen-bond acceptors (Lipinski definition) is 4. The predicted octanol–water partition coefficient (Wildman–Crippen LogP) is 1.18. The number of anilines is 1. The first-order valence-corrected chi connectivity index (χ1v) is 5.71. The summed E-state index contributed by atoms with van der Waals surface area (Å²) >= 11 is 3.32. The molecule has 0 atom stereocenters. The molecule has 0 unspecified atom stereocenters. The van der Waals surface area contributed by atoms with Gasteiger partial charge in [-0.25, -0.2) is 9.50 Å². The molecule has 0 radical (unpaired) electrons. The van der Waals surface area contributed by atoms with Crippen LogP contribution in [0.5, 0.6) is 0 Å². The number of rotatable bonds is 3. The van der Waals surface area contributed by atoms with E-state index in [1.165, 1.54) is 0 Å². The first-order chi connectivity index (χ1) is 7.99. The summed E-state index contributed by atoms with van der Waals surface area (Å²) in [5, 5.41) is 13.1. The molecule has 1 N–H and O–H groups in total. The molecule has 0 fully saturated rings. The van der Waals surface area contributed by atoms with E-state index >= 15 is 0 Å². The summed E-state index contributed by atoms with van der Waals surface area (Å²) in [5.74, 6) is -0.139. The lowest BCUT2D eigenvalue weighted by atomic mass is 10.3. The highest BCUT2D eigenvalue weighted by atomic mass is 79.9. The maximum atomic E-state index is 10.7. The van der Waals surface area contributed by atoms with E-state index in [4.69, 9.17) is 5.11 Å². The van der Waals surface area contributed by atoms with Crippen LogP contribution in [0.3, 0.4) is 0 Å². The molecule has 0 aromatic carbocycles. The van der Waals surface area contributed by atoms with E-state index < -0.39 is 5.97 Å². The molecule has 2 aromatic heterocycles. The van der Waals surface area contributed by atoms with Crippen molar-refractivity contribution in [1.29, 1.82) is 0 Å². The van der Waals surface area contributed by atoms with Crippen LogP contribution in [-0.2, 0) is 11.2 Å². The Hall–Kier alpha value is -1.63. The third-order valence-corrected chi connectivity index (χ3v) is 3.05. The van der Waals surface area contributed by atoms with Crippen LogP contribution in [0.1, 0.15) is 5.69 Å². The lowest BCUT2D eigenvalue weighted by Gasteiger charge is -2.10. The van der Waals surface area contributed by atoms with E-state index in [1.807, 2.05) is 25.1 Å². The van der Waals surface area contributed by atoms with Crippen molar-refractivity contribution in [2.45, 2.75) is 6.42 Å². The molecule has 7 heteroatoms. The normalized spacial score (nSPS) is 10.8. The van der Waals surface area contributed by atoms with Gasteiger partial charge in [-0.15, -0.1) is 5.10 Å². The molecule has 0 bridgehead atoms. The molecular formula is C10H11BrN4O2. The number of carbonyl (C=O) groups is 1. The Balaban J connectivity index is 2.54. The molecule has 17 heavy (non-hydrogen) atoms. The molecule has 2 aromatic rings. The maximum Gasteiger partial charge on any atom is 0.309 e. The van der Waals surface area contributed by atoms with Gasteiger partial charge in [0.15, 0.2) is 5.65 Å². The Kier molecular flexibility index (Phi) is 3.01. The van der Waals surface area contributed by atoms with Crippen LogP contribution in [0.25, 0.3) is 5.65 Å². The monoisotopic (exact) mass is 298 g/mol. The zero-order valence-electron chi connectivity index (χ0n) is 9.38. The summed E-state index contributed by atoms with van der Waals surface area (Å²) in [4.78, 5) is 16.7. The second-order valence-electron chi connectivity index (χ2n) is 3.78. The molecule has 0 aliphatic rings. The van der Waals surface area contributed by atoms with Crippen molar-refractivity contribution in [2.24, 2.45) is 0 Å². The van der Waals surface area contributed by atoms with Gasteiger partial charge in [-0.3, -0.25) is 4.79 Å². The Bertz CT molecular complexity index is 579. The van der Waals surface area contributed by atoms with E-state index in [0.717, 1.165) is 5.82 Å². The van der Waals surface area contributed by atoms with E-state index in [0.29, 0.717) is 15.9 Å². The zero-order valence-corrected chi connectivity index (χ0v) is 11.0. The first-order valence-electron chi connectivity index (χ1n) is 4.92. The molecule has 0 saturated carbocycles. The fraction of sp³-hybridized carbons (Fsp3) is 0.300. The van der Waals surface area contributed by atoms with E-state index in [1.54, 1.807) is 10.6 Å². The molecule has 0 aliphatic heterocycles. The average molecular weight is 299 g/mol. The van der Waals surface area contributed by atoms with Crippen molar-refractivity contribution >= 4 is 33.4 Å². The molecule has 0 aliphatic carbocycles. The highest BCUT2D eigenvalue weighted by Crippen LogP contribution is 2.20. The van der Waals surface area contributed by atoms with Crippen molar-refractivity contribution in [2.75, 3.05) is 19.0 Å². The fourth-order valence-electron chi connectivity index (χ4n) is 1.44. The lowest BCUT2D eigenvalue weighted by Crippen LogP contribution is -2.12. The summed E-state index contributed by atoms with van der Waals surface area (Å²) in [6, 6.07) is 3.64. The first kappa shape index (κ1) is 11.8. The molecule has 2 rings (SSSR count). The Morgan fingerprint density at radius 2 is 2.24 bits per heavy atom. The van der Waals surface area contributed by atoms with Crippen molar-refractivity contribution in [3.63, 3.8) is 0 Å². The second-order valence-corrected chi connectivity index (χ2v) is 4.53. The largest absolute Gasteiger partial charge is 0.481 e. The van der Waals surface area contributed by atoms with Gasteiger partial charge >= 0.3 is 5.97 Å². The predicted molar refractivity (Wildman–Crippen MR) is 66.4 cm³/mol. The smallest absolute Gasteiger partial charge is 0.309 e. The topological polar surface area (TPSA) is 70.7 Å². The highest BCUT2D eigenvalue weighted by molar-refractivity contribution is 9.10. The Labute approximate surface area is 106 Å². The summed E-state index contributed by atoms with van der Waals surface area (Å²) < 4.78 is 2.17. The van der Waals surface area contributed by atoms with Crippen LogP contribution in [0.2, 0.25) is 0 Å². The van der Waals surface area contributed by atoms with Gasteiger partial charge in [-0.05, 0) is 28.1 Å². The number of hydrogen-bond donors (Lipinski definition) is 1. The minimum Gasteiger partial charge on any atom is -0.481 e. The van der Waals surface area contributed by atoms with Gasteiger partial charge in [0.2, 0.25) is 0 Å². The number of aliphatic carboxylic acids is 1. The molecule has 0 amide bonds. The summed E-state index contributed by atoms with van der Waals surface area (Å²) in [5.41, 5.74) is 1.10. The highest BCUT2D eigenvalue weighted by Gasteiger charge is 2.14. The number of aromatic nitrogens is 3. The van der Waals surface area contributed by atoms with Crippen molar-refractivity contribution < 1.29 is 9.90 Å². The minimum atomic E-state index is -0.915. The van der Waals surface area contributed by atoms with Gasteiger partial charge in [0, 0.05) is 14.1 Å². The van der Waals surface area contributed by atoms with Crippen LogP contribution in [0.4, 0.5) is 5.82 Å².